The van der Waals surface area contributed by atoms with Gasteiger partial charge < -0.3 is 19.9 Å². The maximum Gasteiger partial charge on any atom is 0.348 e. The molecule has 0 radical (unpaired) electrons. The van der Waals surface area contributed by atoms with Gasteiger partial charge in [0.15, 0.2) is 5.57 Å². The largest absolute Gasteiger partial charge is 0.480 e. The molecule has 1 heterocycles. The molecule has 19 heavy (non-hydrogen) atoms. The Bertz CT molecular complexity index is 399. The molecule has 1 saturated heterocycles. The molecule has 1 aliphatic rings. The lowest BCUT2D eigenvalue weighted by Gasteiger charge is -2.10. The highest BCUT2D eigenvalue weighted by Gasteiger charge is 2.33. The van der Waals surface area contributed by atoms with Gasteiger partial charge in [-0.2, -0.15) is 0 Å². The number of rotatable bonds is 5. The van der Waals surface area contributed by atoms with Crippen molar-refractivity contribution in [2.75, 3.05) is 19.0 Å². The van der Waals surface area contributed by atoms with Crippen molar-refractivity contribution in [2.24, 2.45) is 0 Å². The second-order valence-electron chi connectivity index (χ2n) is 3.49. The number of carboxylic acid groups (broad SMARTS) is 1. The van der Waals surface area contributed by atoms with Crippen molar-refractivity contribution >= 4 is 29.7 Å². The third-order valence-corrected chi connectivity index (χ3v) is 3.29. The van der Waals surface area contributed by atoms with Crippen molar-refractivity contribution in [1.29, 1.82) is 0 Å². The highest BCUT2D eigenvalue weighted by Crippen LogP contribution is 2.27. The van der Waals surface area contributed by atoms with E-state index in [2.05, 4.69) is 5.32 Å². The number of nitrogens with one attached hydrogen (secondary N) is 1. The predicted octanol–water partition coefficient (Wildman–Crippen LogP) is 0.114. The van der Waals surface area contributed by atoms with E-state index in [-0.39, 0.29) is 29.6 Å². The summed E-state index contributed by atoms with van der Waals surface area (Å²) in [5, 5.41) is 11.7. The normalized spacial score (nSPS) is 17.6. The molecule has 0 saturated carbocycles. The number of hydrogen-bond acceptors (Lipinski definition) is 7. The lowest BCUT2D eigenvalue weighted by Crippen LogP contribution is -2.33. The van der Waals surface area contributed by atoms with Crippen molar-refractivity contribution in [1.82, 2.24) is 5.32 Å². The smallest absolute Gasteiger partial charge is 0.348 e. The molecule has 0 aromatic carbocycles. The maximum absolute atomic E-state index is 11.7. The van der Waals surface area contributed by atoms with Gasteiger partial charge in [0.25, 0.3) is 0 Å². The first kappa shape index (κ1) is 15.4. The number of ether oxygens (including phenoxy) is 2. The zero-order valence-electron chi connectivity index (χ0n) is 10.6. The summed E-state index contributed by atoms with van der Waals surface area (Å²) in [6, 6.07) is -0.834. The summed E-state index contributed by atoms with van der Waals surface area (Å²) in [7, 11) is 0. The van der Waals surface area contributed by atoms with Gasteiger partial charge >= 0.3 is 17.9 Å². The van der Waals surface area contributed by atoms with Crippen molar-refractivity contribution in [3.63, 3.8) is 0 Å². The Kier molecular flexibility index (Phi) is 5.68. The molecule has 0 spiro atoms. The van der Waals surface area contributed by atoms with Gasteiger partial charge in [0.2, 0.25) is 0 Å². The Hall–Kier alpha value is -1.70. The molecule has 1 fully saturated rings. The zero-order chi connectivity index (χ0) is 14.4. The van der Waals surface area contributed by atoms with Crippen molar-refractivity contribution in [3.8, 4) is 0 Å². The van der Waals surface area contributed by atoms with Crippen LogP contribution in [0.4, 0.5) is 0 Å². The van der Waals surface area contributed by atoms with E-state index < -0.39 is 23.9 Å². The minimum Gasteiger partial charge on any atom is -0.480 e. The van der Waals surface area contributed by atoms with Gasteiger partial charge in [-0.15, -0.1) is 11.8 Å². The fourth-order valence-electron chi connectivity index (χ4n) is 1.36. The molecule has 0 aromatic rings. The van der Waals surface area contributed by atoms with Gasteiger partial charge in [-0.25, -0.2) is 14.4 Å². The van der Waals surface area contributed by atoms with Gasteiger partial charge in [0, 0.05) is 5.75 Å². The Labute approximate surface area is 114 Å². The van der Waals surface area contributed by atoms with E-state index >= 15 is 0 Å². The molecule has 8 heteroatoms. The number of thioether (sulfide) groups is 1. The molecular formula is C11H15NO6S. The van der Waals surface area contributed by atoms with Gasteiger partial charge in [-0.1, -0.05) is 0 Å². The van der Waals surface area contributed by atoms with Crippen molar-refractivity contribution in [2.45, 2.75) is 19.9 Å². The first-order valence-corrected chi connectivity index (χ1v) is 6.70. The highest BCUT2D eigenvalue weighted by molar-refractivity contribution is 8.03. The summed E-state index contributed by atoms with van der Waals surface area (Å²) in [4.78, 5) is 34.3. The third kappa shape index (κ3) is 3.88. The summed E-state index contributed by atoms with van der Waals surface area (Å²) in [6.07, 6.45) is 0. The summed E-state index contributed by atoms with van der Waals surface area (Å²) in [5.74, 6) is -2.45. The fourth-order valence-corrected chi connectivity index (χ4v) is 2.46. The van der Waals surface area contributed by atoms with Crippen LogP contribution in [0.5, 0.6) is 0 Å². The topological polar surface area (TPSA) is 102 Å². The lowest BCUT2D eigenvalue weighted by molar-refractivity contribution is -0.147. The van der Waals surface area contributed by atoms with E-state index in [1.54, 1.807) is 13.8 Å². The Balaban J connectivity index is 2.99. The van der Waals surface area contributed by atoms with E-state index in [1.807, 2.05) is 0 Å². The average Bonchev–Trinajstić information content (AvgIpc) is 2.79. The van der Waals surface area contributed by atoms with Crippen LogP contribution in [0.25, 0.3) is 0 Å². The molecule has 2 N–H and O–H groups in total. The van der Waals surface area contributed by atoms with Crippen LogP contribution in [-0.2, 0) is 23.9 Å². The first-order chi connectivity index (χ1) is 9.01. The van der Waals surface area contributed by atoms with E-state index in [0.29, 0.717) is 0 Å². The zero-order valence-corrected chi connectivity index (χ0v) is 11.4. The standard InChI is InChI=1S/C11H15NO6S/c1-3-17-10(15)7(11(16)18-4-2)8-12-6(5-19-8)9(13)14/h6,12H,3-5H2,1-2H3,(H,13,14). The molecule has 1 unspecified atom stereocenters. The molecule has 106 valence electrons. The summed E-state index contributed by atoms with van der Waals surface area (Å²) in [6.45, 7) is 3.45. The Morgan fingerprint density at radius 2 is 1.79 bits per heavy atom. The van der Waals surface area contributed by atoms with Crippen molar-refractivity contribution < 1.29 is 29.0 Å². The molecular weight excluding hydrogens is 274 g/mol. The lowest BCUT2D eigenvalue weighted by atomic mass is 10.2. The van der Waals surface area contributed by atoms with E-state index in [1.165, 1.54) is 0 Å². The molecule has 0 amide bonds. The summed E-state index contributed by atoms with van der Waals surface area (Å²) < 4.78 is 9.56. The van der Waals surface area contributed by atoms with Crippen LogP contribution in [-0.4, -0.2) is 48.0 Å². The minimum atomic E-state index is -1.05. The highest BCUT2D eigenvalue weighted by atomic mass is 32.2. The van der Waals surface area contributed by atoms with E-state index in [0.717, 1.165) is 11.8 Å². The van der Waals surface area contributed by atoms with E-state index in [9.17, 15) is 14.4 Å². The molecule has 1 aliphatic heterocycles. The quantitative estimate of drug-likeness (QED) is 0.318. The third-order valence-electron chi connectivity index (χ3n) is 2.18. The second-order valence-corrected chi connectivity index (χ2v) is 4.52. The van der Waals surface area contributed by atoms with Crippen LogP contribution < -0.4 is 5.32 Å². The molecule has 7 nitrogen and oxygen atoms in total. The van der Waals surface area contributed by atoms with Gasteiger partial charge in [0.05, 0.1) is 18.2 Å². The Morgan fingerprint density at radius 1 is 1.26 bits per heavy atom. The van der Waals surface area contributed by atoms with Crippen LogP contribution >= 0.6 is 11.8 Å². The number of carbonyl (C=O) groups excluding carboxylic acids is 2. The summed E-state index contributed by atoms with van der Waals surface area (Å²) >= 11 is 1.08. The molecule has 0 aromatic heterocycles. The number of carbonyl (C=O) groups is 3. The minimum absolute atomic E-state index is 0.113. The van der Waals surface area contributed by atoms with Gasteiger partial charge in [-0.3, -0.25) is 0 Å². The second kappa shape index (κ2) is 7.03. The Morgan fingerprint density at radius 3 is 2.16 bits per heavy atom. The SMILES string of the molecule is CCOC(=O)C(C(=O)OCC)=C1NC(C(=O)O)CS1. The predicted molar refractivity (Wildman–Crippen MR) is 67.3 cm³/mol. The van der Waals surface area contributed by atoms with Crippen LogP contribution in [0.1, 0.15) is 13.8 Å². The molecule has 0 bridgehead atoms. The first-order valence-electron chi connectivity index (χ1n) is 5.71. The van der Waals surface area contributed by atoms with Crippen LogP contribution in [0.15, 0.2) is 10.6 Å². The maximum atomic E-state index is 11.7. The van der Waals surface area contributed by atoms with Crippen LogP contribution in [0.3, 0.4) is 0 Å². The van der Waals surface area contributed by atoms with Gasteiger partial charge in [0.1, 0.15) is 6.04 Å². The fraction of sp³-hybridized carbons (Fsp3) is 0.545. The van der Waals surface area contributed by atoms with Crippen molar-refractivity contribution in [3.05, 3.63) is 10.6 Å². The molecule has 0 aliphatic carbocycles. The monoisotopic (exact) mass is 289 g/mol. The van der Waals surface area contributed by atoms with Gasteiger partial charge in [-0.05, 0) is 13.8 Å². The van der Waals surface area contributed by atoms with Crippen LogP contribution in [0, 0.1) is 0 Å². The van der Waals surface area contributed by atoms with Crippen LogP contribution in [0.2, 0.25) is 0 Å². The average molecular weight is 289 g/mol. The molecule has 1 rings (SSSR count). The number of esters is 2. The van der Waals surface area contributed by atoms with E-state index in [4.69, 9.17) is 14.6 Å². The number of aliphatic carboxylic acids is 1. The molecule has 1 atom stereocenters. The number of carboxylic acids is 1. The summed E-state index contributed by atoms with van der Waals surface area (Å²) in [5.41, 5.74) is -0.280. The number of hydrogen-bond donors (Lipinski definition) is 2.